The highest BCUT2D eigenvalue weighted by Gasteiger charge is 2.57. The average Bonchev–Trinajstić information content (AvgIpc) is 2.98. The number of rotatable bonds is 6. The van der Waals surface area contributed by atoms with Crippen molar-refractivity contribution >= 4 is 34.9 Å². The fraction of sp³-hybridized carbons (Fsp3) is 0.290. The maximum atomic E-state index is 16.7. The van der Waals surface area contributed by atoms with Crippen molar-refractivity contribution in [2.75, 3.05) is 20.2 Å². The van der Waals surface area contributed by atoms with Crippen LogP contribution in [0.4, 0.5) is 21.7 Å². The smallest absolute Gasteiger partial charge is 0.497 e. The van der Waals surface area contributed by atoms with Gasteiger partial charge in [-0.2, -0.15) is 0 Å². The molecule has 0 amide bonds. The molecule has 3 fully saturated rings. The minimum atomic E-state index is -6.00. The van der Waals surface area contributed by atoms with Gasteiger partial charge in [-0.25, -0.2) is 4.79 Å². The zero-order chi connectivity index (χ0) is 30.1. The second-order valence-corrected chi connectivity index (χ2v) is 10.7. The first kappa shape index (κ1) is 29.5. The predicted octanol–water partition coefficient (Wildman–Crippen LogP) is 7.89. The molecule has 1 unspecified atom stereocenters. The van der Waals surface area contributed by atoms with Crippen LogP contribution in [0.25, 0.3) is 21.7 Å². The normalized spacial score (nSPS) is 24.0. The largest absolute Gasteiger partial charge is 0.673 e. The molecule has 4 heterocycles. The Morgan fingerprint density at radius 3 is 2.52 bits per heavy atom. The van der Waals surface area contributed by atoms with Crippen LogP contribution in [0.2, 0.25) is 0 Å². The number of piperidine rings is 3. The molecule has 0 N–H and O–H groups in total. The molecule has 5 atom stereocenters. The number of esters is 1. The van der Waals surface area contributed by atoms with E-state index in [9.17, 15) is 22.1 Å². The Morgan fingerprint density at radius 1 is 1.07 bits per heavy atom. The Labute approximate surface area is 240 Å². The highest BCUT2D eigenvalue weighted by atomic mass is 19.5. The number of carbonyl (C=O) groups is 1. The van der Waals surface area contributed by atoms with E-state index in [1.165, 1.54) is 0 Å². The third kappa shape index (κ3) is 6.11. The molecule has 3 aliphatic rings. The second kappa shape index (κ2) is 11.7. The van der Waals surface area contributed by atoms with Crippen LogP contribution in [0.5, 0.6) is 5.75 Å². The van der Waals surface area contributed by atoms with E-state index in [1.807, 2.05) is 66.7 Å². The molecule has 0 saturated carbocycles. The van der Waals surface area contributed by atoms with Gasteiger partial charge < -0.3 is 26.7 Å². The predicted molar refractivity (Wildman–Crippen MR) is 152 cm³/mol. The topological polar surface area (TPSA) is 48.4 Å². The van der Waals surface area contributed by atoms with E-state index in [0.717, 1.165) is 33.7 Å². The highest BCUT2D eigenvalue weighted by molar-refractivity contribution is 6.50. The minimum Gasteiger partial charge on any atom is -0.497 e. The molecule has 0 radical (unpaired) electrons. The van der Waals surface area contributed by atoms with Gasteiger partial charge in [0.15, 0.2) is 12.1 Å². The molecule has 11 heteroatoms. The lowest BCUT2D eigenvalue weighted by Crippen LogP contribution is -2.64. The summed E-state index contributed by atoms with van der Waals surface area (Å²) in [4.78, 5) is 18.3. The summed E-state index contributed by atoms with van der Waals surface area (Å²) < 4.78 is 66.9. The first-order chi connectivity index (χ1) is 20.0. The summed E-state index contributed by atoms with van der Waals surface area (Å²) >= 11 is 0. The SMILES string of the molecule is C=C[C@H]1C[N+]2(F)CC[C@H]1C[C@H]2[C@H](OC(=O)c1cccc2ccccc12)c1ccnc2ccc(OC)cc12.F[B-](F)(F)F. The number of aromatic nitrogens is 1. The number of nitrogens with zero attached hydrogens (tertiary/aromatic N) is 2. The number of quaternary nitrogens is 1. The van der Waals surface area contributed by atoms with E-state index in [4.69, 9.17) is 9.47 Å². The van der Waals surface area contributed by atoms with Crippen molar-refractivity contribution in [3.8, 4) is 5.75 Å². The molecular formula is C31H30BF5N2O3. The van der Waals surface area contributed by atoms with Gasteiger partial charge in [-0.05, 0) is 51.5 Å². The molecule has 220 valence electrons. The fourth-order valence-corrected chi connectivity index (χ4v) is 6.36. The van der Waals surface area contributed by atoms with Crippen LogP contribution in [-0.2, 0) is 4.74 Å². The van der Waals surface area contributed by atoms with Crippen molar-refractivity contribution in [3.63, 3.8) is 0 Å². The van der Waals surface area contributed by atoms with E-state index in [2.05, 4.69) is 11.6 Å². The van der Waals surface area contributed by atoms with Gasteiger partial charge in [-0.1, -0.05) is 42.5 Å². The lowest BCUT2D eigenvalue weighted by Gasteiger charge is -2.50. The van der Waals surface area contributed by atoms with Crippen molar-refractivity contribution in [1.82, 2.24) is 4.98 Å². The van der Waals surface area contributed by atoms with Crippen LogP contribution < -0.4 is 4.74 Å². The molecule has 2 bridgehead atoms. The summed E-state index contributed by atoms with van der Waals surface area (Å²) in [5, 5.41) is 2.57. The summed E-state index contributed by atoms with van der Waals surface area (Å²) in [6, 6.07) is 20.3. The van der Waals surface area contributed by atoms with Crippen molar-refractivity contribution in [3.05, 3.63) is 96.7 Å². The van der Waals surface area contributed by atoms with Crippen molar-refractivity contribution in [2.45, 2.75) is 25.0 Å². The number of carbonyl (C=O) groups excluding carboxylic acids is 1. The maximum Gasteiger partial charge on any atom is 0.673 e. The van der Waals surface area contributed by atoms with Gasteiger partial charge in [-0.15, -0.1) is 11.3 Å². The highest BCUT2D eigenvalue weighted by Crippen LogP contribution is 2.49. The quantitative estimate of drug-likeness (QED) is 0.0761. The molecule has 5 nitrogen and oxygen atoms in total. The van der Waals surface area contributed by atoms with E-state index >= 15 is 4.48 Å². The first-order valence-electron chi connectivity index (χ1n) is 13.7. The number of pyridine rings is 1. The number of fused-ring (bicyclic) bond motifs is 5. The van der Waals surface area contributed by atoms with Crippen LogP contribution in [0, 0.1) is 11.8 Å². The number of hydrogen-bond acceptors (Lipinski definition) is 4. The van der Waals surface area contributed by atoms with Gasteiger partial charge in [-0.3, -0.25) is 4.98 Å². The molecule has 3 aliphatic heterocycles. The van der Waals surface area contributed by atoms with E-state index in [-0.39, 0.29) is 5.92 Å². The monoisotopic (exact) mass is 584 g/mol. The lowest BCUT2D eigenvalue weighted by molar-refractivity contribution is -1.09. The van der Waals surface area contributed by atoms with Crippen LogP contribution in [0.15, 0.2) is 85.6 Å². The van der Waals surface area contributed by atoms with Gasteiger partial charge in [0.1, 0.15) is 18.8 Å². The zero-order valence-corrected chi connectivity index (χ0v) is 22.9. The Hall–Kier alpha value is -3.99. The van der Waals surface area contributed by atoms with Crippen molar-refractivity contribution in [1.29, 1.82) is 0 Å². The van der Waals surface area contributed by atoms with Gasteiger partial charge >= 0.3 is 13.2 Å². The van der Waals surface area contributed by atoms with Crippen LogP contribution >= 0.6 is 0 Å². The summed E-state index contributed by atoms with van der Waals surface area (Å²) in [5.74, 6) is 0.657. The molecule has 1 aromatic heterocycles. The fourth-order valence-electron chi connectivity index (χ4n) is 6.36. The number of hydrogen-bond donors (Lipinski definition) is 0. The van der Waals surface area contributed by atoms with E-state index in [0.29, 0.717) is 36.7 Å². The Bertz CT molecular complexity index is 1610. The third-order valence-electron chi connectivity index (χ3n) is 8.31. The van der Waals surface area contributed by atoms with Crippen LogP contribution in [0.3, 0.4) is 0 Å². The van der Waals surface area contributed by atoms with Crippen LogP contribution in [0.1, 0.15) is 34.9 Å². The van der Waals surface area contributed by atoms with Gasteiger partial charge in [0.05, 0.1) is 18.2 Å². The summed E-state index contributed by atoms with van der Waals surface area (Å²) in [6.45, 7) is 4.72. The number of halogens is 5. The molecule has 0 spiro atoms. The molecule has 7 rings (SSSR count). The number of ether oxygens (including phenoxy) is 2. The number of benzene rings is 3. The van der Waals surface area contributed by atoms with Gasteiger partial charge in [0.2, 0.25) is 0 Å². The van der Waals surface area contributed by atoms with Gasteiger partial charge in [0, 0.05) is 35.9 Å². The zero-order valence-electron chi connectivity index (χ0n) is 22.9. The van der Waals surface area contributed by atoms with E-state index in [1.54, 1.807) is 19.4 Å². The summed E-state index contributed by atoms with van der Waals surface area (Å²) in [6.07, 6.45) is 4.22. The van der Waals surface area contributed by atoms with Gasteiger partial charge in [0.25, 0.3) is 0 Å². The number of methoxy groups -OCH3 is 1. The Kier molecular flexibility index (Phi) is 8.23. The van der Waals surface area contributed by atoms with E-state index < -0.39 is 30.1 Å². The average molecular weight is 584 g/mol. The molecular weight excluding hydrogens is 554 g/mol. The summed E-state index contributed by atoms with van der Waals surface area (Å²) in [5.41, 5.74) is 1.97. The molecule has 4 aromatic rings. The molecule has 3 saturated heterocycles. The Balaban J connectivity index is 0.000000652. The molecule has 42 heavy (non-hydrogen) atoms. The first-order valence-corrected chi connectivity index (χ1v) is 13.7. The van der Waals surface area contributed by atoms with Crippen molar-refractivity contribution < 1.29 is 40.7 Å². The maximum absolute atomic E-state index is 16.7. The lowest BCUT2D eigenvalue weighted by atomic mass is 9.73. The standard InChI is InChI=1S/C31H30FN2O3.BF4/c1-3-20-19-34(32)16-14-22(20)17-29(34)30(25-13-15-33-28-12-11-23(36-2)18-27(25)28)37-31(35)26-10-6-8-21-7-4-5-9-24(21)26;2-1(3,4)5/h3-13,15,18,20,22,29-30H,1,14,16-17,19H2,2H3;/q+1;-1/t20-,22-,29-,30+,34?;/m0./s1. The molecule has 0 aliphatic carbocycles. The molecule has 3 aromatic carbocycles. The second-order valence-electron chi connectivity index (χ2n) is 10.7. The third-order valence-corrected chi connectivity index (χ3v) is 8.31. The summed E-state index contributed by atoms with van der Waals surface area (Å²) in [7, 11) is -4.39. The van der Waals surface area contributed by atoms with Crippen LogP contribution in [-0.4, -0.2) is 49.2 Å². The minimum absolute atomic E-state index is 0.124. The Morgan fingerprint density at radius 2 is 1.81 bits per heavy atom. The van der Waals surface area contributed by atoms with Crippen molar-refractivity contribution in [2.24, 2.45) is 11.8 Å².